The van der Waals surface area contributed by atoms with Crippen LogP contribution in [0.25, 0.3) is 0 Å². The van der Waals surface area contributed by atoms with Crippen molar-refractivity contribution in [3.63, 3.8) is 0 Å². The van der Waals surface area contributed by atoms with Gasteiger partial charge in [0, 0.05) is 23.6 Å². The summed E-state index contributed by atoms with van der Waals surface area (Å²) in [6, 6.07) is 5.56. The standard InChI is InChI=1S/C14H17BrN2O2/c1-4-7-17(11(3)18)9-14(19)16-12-6-5-10(2)13(15)8-12/h4-6,8H,1,7,9H2,2-3H3,(H,16,19). The Kier molecular flexibility index (Phi) is 5.76. The highest BCUT2D eigenvalue weighted by atomic mass is 79.9. The molecule has 0 spiro atoms. The zero-order valence-electron chi connectivity index (χ0n) is 11.1. The molecule has 0 aliphatic rings. The molecule has 0 saturated carbocycles. The van der Waals surface area contributed by atoms with Crippen LogP contribution in [0.1, 0.15) is 12.5 Å². The number of amides is 2. The fourth-order valence-electron chi connectivity index (χ4n) is 1.50. The molecule has 1 aromatic rings. The Labute approximate surface area is 121 Å². The summed E-state index contributed by atoms with van der Waals surface area (Å²) in [5.74, 6) is -0.382. The van der Waals surface area contributed by atoms with Crippen LogP contribution in [-0.2, 0) is 9.59 Å². The fourth-order valence-corrected chi connectivity index (χ4v) is 1.88. The first-order chi connectivity index (χ1) is 8.93. The lowest BCUT2D eigenvalue weighted by molar-refractivity contribution is -0.132. The van der Waals surface area contributed by atoms with Crippen molar-refractivity contribution in [1.29, 1.82) is 0 Å². The van der Waals surface area contributed by atoms with Gasteiger partial charge in [0.2, 0.25) is 11.8 Å². The second-order valence-corrected chi connectivity index (χ2v) is 5.05. The first-order valence-corrected chi connectivity index (χ1v) is 6.65. The summed E-state index contributed by atoms with van der Waals surface area (Å²) in [5.41, 5.74) is 1.79. The normalized spacial score (nSPS) is 9.84. The second kappa shape index (κ2) is 7.09. The average molecular weight is 325 g/mol. The van der Waals surface area contributed by atoms with Crippen LogP contribution in [0.2, 0.25) is 0 Å². The van der Waals surface area contributed by atoms with Crippen LogP contribution in [0.5, 0.6) is 0 Å². The van der Waals surface area contributed by atoms with Gasteiger partial charge < -0.3 is 10.2 Å². The zero-order valence-corrected chi connectivity index (χ0v) is 12.7. The third kappa shape index (κ3) is 4.87. The van der Waals surface area contributed by atoms with Gasteiger partial charge in [0.05, 0.1) is 0 Å². The van der Waals surface area contributed by atoms with Crippen molar-refractivity contribution in [2.24, 2.45) is 0 Å². The first kappa shape index (κ1) is 15.4. The van der Waals surface area contributed by atoms with Gasteiger partial charge in [-0.25, -0.2) is 0 Å². The van der Waals surface area contributed by atoms with Crippen molar-refractivity contribution in [2.75, 3.05) is 18.4 Å². The number of hydrogen-bond donors (Lipinski definition) is 1. The summed E-state index contributed by atoms with van der Waals surface area (Å²) in [7, 11) is 0. The van der Waals surface area contributed by atoms with Gasteiger partial charge in [-0.15, -0.1) is 6.58 Å². The van der Waals surface area contributed by atoms with E-state index in [9.17, 15) is 9.59 Å². The minimum atomic E-state index is -0.229. The maximum Gasteiger partial charge on any atom is 0.244 e. The third-order valence-corrected chi connectivity index (χ3v) is 3.44. The lowest BCUT2D eigenvalue weighted by Crippen LogP contribution is -2.36. The van der Waals surface area contributed by atoms with Crippen LogP contribution in [0, 0.1) is 6.92 Å². The smallest absolute Gasteiger partial charge is 0.244 e. The van der Waals surface area contributed by atoms with Crippen LogP contribution in [0.15, 0.2) is 35.3 Å². The number of hydrogen-bond acceptors (Lipinski definition) is 2. The molecule has 0 aliphatic heterocycles. The predicted molar refractivity (Wildman–Crippen MR) is 80.0 cm³/mol. The highest BCUT2D eigenvalue weighted by Crippen LogP contribution is 2.20. The molecule has 5 heteroatoms. The van der Waals surface area contributed by atoms with Gasteiger partial charge in [0.15, 0.2) is 0 Å². The van der Waals surface area contributed by atoms with Crippen LogP contribution >= 0.6 is 15.9 Å². The van der Waals surface area contributed by atoms with Crippen LogP contribution in [0.3, 0.4) is 0 Å². The van der Waals surface area contributed by atoms with Crippen molar-refractivity contribution in [3.05, 3.63) is 40.9 Å². The quantitative estimate of drug-likeness (QED) is 0.846. The van der Waals surface area contributed by atoms with E-state index in [4.69, 9.17) is 0 Å². The van der Waals surface area contributed by atoms with Crippen molar-refractivity contribution < 1.29 is 9.59 Å². The van der Waals surface area contributed by atoms with Crippen LogP contribution in [-0.4, -0.2) is 29.8 Å². The molecule has 1 rings (SSSR count). The minimum absolute atomic E-state index is 0.0207. The Balaban J connectivity index is 2.65. The topological polar surface area (TPSA) is 49.4 Å². The maximum atomic E-state index is 11.8. The number of benzene rings is 1. The predicted octanol–water partition coefficient (Wildman–Crippen LogP) is 2.73. The average Bonchev–Trinajstić information content (AvgIpc) is 2.33. The number of anilines is 1. The largest absolute Gasteiger partial charge is 0.330 e. The molecule has 1 N–H and O–H groups in total. The van der Waals surface area contributed by atoms with Crippen molar-refractivity contribution in [3.8, 4) is 0 Å². The van der Waals surface area contributed by atoms with Gasteiger partial charge in [0.1, 0.15) is 6.54 Å². The number of halogens is 1. The number of carbonyl (C=O) groups excluding carboxylic acids is 2. The molecule has 4 nitrogen and oxygen atoms in total. The van der Waals surface area contributed by atoms with E-state index in [1.54, 1.807) is 6.08 Å². The molecule has 0 heterocycles. The van der Waals surface area contributed by atoms with Crippen LogP contribution < -0.4 is 5.32 Å². The number of carbonyl (C=O) groups is 2. The van der Waals surface area contributed by atoms with Gasteiger partial charge in [-0.2, -0.15) is 0 Å². The lowest BCUT2D eigenvalue weighted by atomic mass is 10.2. The van der Waals surface area contributed by atoms with Crippen molar-refractivity contribution >= 4 is 33.4 Å². The van der Waals surface area contributed by atoms with E-state index in [0.29, 0.717) is 12.2 Å². The first-order valence-electron chi connectivity index (χ1n) is 5.86. The van der Waals surface area contributed by atoms with E-state index >= 15 is 0 Å². The molecule has 0 bridgehead atoms. The summed E-state index contributed by atoms with van der Waals surface area (Å²) in [6.45, 7) is 7.35. The Morgan fingerprint density at radius 2 is 2.16 bits per heavy atom. The van der Waals surface area contributed by atoms with E-state index < -0.39 is 0 Å². The fraction of sp³-hybridized carbons (Fsp3) is 0.286. The van der Waals surface area contributed by atoms with Gasteiger partial charge >= 0.3 is 0 Å². The molecule has 19 heavy (non-hydrogen) atoms. The summed E-state index contributed by atoms with van der Waals surface area (Å²) in [6.07, 6.45) is 1.59. The summed E-state index contributed by atoms with van der Waals surface area (Å²) in [5, 5.41) is 2.76. The van der Waals surface area contributed by atoms with Crippen molar-refractivity contribution in [2.45, 2.75) is 13.8 Å². The molecule has 0 radical (unpaired) electrons. The van der Waals surface area contributed by atoms with E-state index in [0.717, 1.165) is 10.0 Å². The minimum Gasteiger partial charge on any atom is -0.330 e. The summed E-state index contributed by atoms with van der Waals surface area (Å²) >= 11 is 3.41. The zero-order chi connectivity index (χ0) is 14.4. The summed E-state index contributed by atoms with van der Waals surface area (Å²) < 4.78 is 0.930. The molecule has 102 valence electrons. The number of nitrogens with one attached hydrogen (secondary N) is 1. The Morgan fingerprint density at radius 1 is 1.47 bits per heavy atom. The molecule has 0 fully saturated rings. The molecule has 0 unspecified atom stereocenters. The molecular weight excluding hydrogens is 308 g/mol. The molecule has 0 aliphatic carbocycles. The highest BCUT2D eigenvalue weighted by molar-refractivity contribution is 9.10. The van der Waals surface area contributed by atoms with Gasteiger partial charge in [-0.3, -0.25) is 9.59 Å². The number of rotatable bonds is 5. The SMILES string of the molecule is C=CCN(CC(=O)Nc1ccc(C)c(Br)c1)C(C)=O. The second-order valence-electron chi connectivity index (χ2n) is 4.20. The Hall–Kier alpha value is -1.62. The van der Waals surface area contributed by atoms with E-state index in [1.807, 2.05) is 25.1 Å². The summed E-state index contributed by atoms with van der Waals surface area (Å²) in [4.78, 5) is 24.6. The van der Waals surface area contributed by atoms with Gasteiger partial charge in [0.25, 0.3) is 0 Å². The third-order valence-electron chi connectivity index (χ3n) is 2.58. The van der Waals surface area contributed by atoms with E-state index in [-0.39, 0.29) is 18.4 Å². The number of aryl methyl sites for hydroxylation is 1. The molecule has 1 aromatic carbocycles. The van der Waals surface area contributed by atoms with Crippen molar-refractivity contribution in [1.82, 2.24) is 4.90 Å². The van der Waals surface area contributed by atoms with Gasteiger partial charge in [-0.05, 0) is 24.6 Å². The van der Waals surface area contributed by atoms with Crippen LogP contribution in [0.4, 0.5) is 5.69 Å². The van der Waals surface area contributed by atoms with Gasteiger partial charge in [-0.1, -0.05) is 28.1 Å². The van der Waals surface area contributed by atoms with E-state index in [1.165, 1.54) is 11.8 Å². The maximum absolute atomic E-state index is 11.8. The monoisotopic (exact) mass is 324 g/mol. The molecule has 2 amide bonds. The molecular formula is C14H17BrN2O2. The van der Waals surface area contributed by atoms with E-state index in [2.05, 4.69) is 27.8 Å². The highest BCUT2D eigenvalue weighted by Gasteiger charge is 2.12. The lowest BCUT2D eigenvalue weighted by Gasteiger charge is -2.18. The molecule has 0 saturated heterocycles. The Morgan fingerprint density at radius 3 is 2.68 bits per heavy atom. The number of nitrogens with zero attached hydrogens (tertiary/aromatic N) is 1. The Bertz CT molecular complexity index is 500. The molecule has 0 atom stereocenters. The molecule has 0 aromatic heterocycles.